The van der Waals surface area contributed by atoms with E-state index in [1.807, 2.05) is 6.07 Å². The van der Waals surface area contributed by atoms with Crippen LogP contribution < -0.4 is 5.73 Å². The van der Waals surface area contributed by atoms with E-state index >= 15 is 0 Å². The highest BCUT2D eigenvalue weighted by molar-refractivity contribution is 5.83. The van der Waals surface area contributed by atoms with Crippen molar-refractivity contribution in [2.24, 2.45) is 17.6 Å². The Balaban J connectivity index is 1.61. The number of benzene rings is 1. The van der Waals surface area contributed by atoms with E-state index in [-0.39, 0.29) is 12.0 Å². The third kappa shape index (κ3) is 2.59. The molecule has 1 amide bonds. The van der Waals surface area contributed by atoms with Crippen LogP contribution in [0.1, 0.15) is 37.7 Å². The van der Waals surface area contributed by atoms with E-state index in [9.17, 15) is 4.79 Å². The standard InChI is InChI=1S/C17H24N2O/c1-2-12-11-19(9-8-16(12)18)17(20)15-10-14(15)13-6-4-3-5-7-13/h3-7,12,14-16H,2,8-11,18H2,1H3. The number of likely N-dealkylation sites (tertiary alicyclic amines) is 1. The molecule has 3 heteroatoms. The second-order valence-electron chi connectivity index (χ2n) is 6.26. The zero-order valence-corrected chi connectivity index (χ0v) is 12.2. The molecule has 4 atom stereocenters. The van der Waals surface area contributed by atoms with Crippen molar-refractivity contribution in [3.05, 3.63) is 35.9 Å². The Morgan fingerprint density at radius 3 is 2.80 bits per heavy atom. The molecule has 1 saturated carbocycles. The maximum atomic E-state index is 12.6. The second-order valence-corrected chi connectivity index (χ2v) is 6.26. The van der Waals surface area contributed by atoms with Gasteiger partial charge in [0.05, 0.1) is 0 Å². The van der Waals surface area contributed by atoms with Gasteiger partial charge in [0.25, 0.3) is 0 Å². The first-order chi connectivity index (χ1) is 9.70. The first-order valence-corrected chi connectivity index (χ1v) is 7.80. The van der Waals surface area contributed by atoms with E-state index < -0.39 is 0 Å². The van der Waals surface area contributed by atoms with Gasteiger partial charge in [-0.3, -0.25) is 4.79 Å². The van der Waals surface area contributed by atoms with E-state index in [1.54, 1.807) is 0 Å². The number of rotatable bonds is 3. The Labute approximate surface area is 121 Å². The fourth-order valence-electron chi connectivity index (χ4n) is 3.45. The lowest BCUT2D eigenvalue weighted by Gasteiger charge is -2.36. The van der Waals surface area contributed by atoms with Crippen molar-refractivity contribution in [1.82, 2.24) is 4.90 Å². The molecule has 0 radical (unpaired) electrons. The van der Waals surface area contributed by atoms with E-state index in [0.29, 0.717) is 17.7 Å². The Morgan fingerprint density at radius 1 is 1.35 bits per heavy atom. The van der Waals surface area contributed by atoms with Crippen molar-refractivity contribution in [2.75, 3.05) is 13.1 Å². The summed E-state index contributed by atoms with van der Waals surface area (Å²) in [4.78, 5) is 14.7. The third-order valence-corrected chi connectivity index (χ3v) is 4.96. The van der Waals surface area contributed by atoms with Gasteiger partial charge in [-0.05, 0) is 30.2 Å². The molecular weight excluding hydrogens is 248 g/mol. The molecule has 0 bridgehead atoms. The van der Waals surface area contributed by atoms with Crippen LogP contribution in [0, 0.1) is 11.8 Å². The van der Waals surface area contributed by atoms with Gasteiger partial charge in [-0.15, -0.1) is 0 Å². The van der Waals surface area contributed by atoms with Gasteiger partial charge in [0.1, 0.15) is 0 Å². The van der Waals surface area contributed by atoms with Crippen molar-refractivity contribution in [1.29, 1.82) is 0 Å². The number of amides is 1. The number of hydrogen-bond donors (Lipinski definition) is 1. The molecule has 3 nitrogen and oxygen atoms in total. The maximum absolute atomic E-state index is 12.6. The minimum atomic E-state index is 0.212. The number of carbonyl (C=O) groups is 1. The summed E-state index contributed by atoms with van der Waals surface area (Å²) in [5.74, 6) is 1.48. The molecule has 0 spiro atoms. The smallest absolute Gasteiger partial charge is 0.226 e. The Morgan fingerprint density at radius 2 is 2.10 bits per heavy atom. The van der Waals surface area contributed by atoms with E-state index in [4.69, 9.17) is 5.73 Å². The normalized spacial score (nSPS) is 33.0. The minimum absolute atomic E-state index is 0.212. The lowest BCUT2D eigenvalue weighted by Crippen LogP contribution is -2.49. The summed E-state index contributed by atoms with van der Waals surface area (Å²) in [6.07, 6.45) is 3.03. The van der Waals surface area contributed by atoms with Crippen LogP contribution >= 0.6 is 0 Å². The zero-order chi connectivity index (χ0) is 14.1. The molecule has 1 aliphatic heterocycles. The predicted molar refractivity (Wildman–Crippen MR) is 80.2 cm³/mol. The molecule has 2 N–H and O–H groups in total. The average Bonchev–Trinajstić information content (AvgIpc) is 3.28. The van der Waals surface area contributed by atoms with Crippen LogP contribution in [0.25, 0.3) is 0 Å². The van der Waals surface area contributed by atoms with Gasteiger partial charge < -0.3 is 10.6 Å². The summed E-state index contributed by atoms with van der Waals surface area (Å²) in [6, 6.07) is 10.7. The van der Waals surface area contributed by atoms with E-state index in [2.05, 4.69) is 36.1 Å². The average molecular weight is 272 g/mol. The molecule has 2 fully saturated rings. The molecule has 1 aromatic rings. The number of piperidine rings is 1. The molecule has 3 rings (SSSR count). The maximum Gasteiger partial charge on any atom is 0.226 e. The molecule has 0 aromatic heterocycles. The van der Waals surface area contributed by atoms with Crippen LogP contribution in [0.5, 0.6) is 0 Å². The fourth-order valence-corrected chi connectivity index (χ4v) is 3.45. The van der Waals surface area contributed by atoms with Gasteiger partial charge in [0.15, 0.2) is 0 Å². The topological polar surface area (TPSA) is 46.3 Å². The molecule has 1 aliphatic carbocycles. The van der Waals surface area contributed by atoms with E-state index in [0.717, 1.165) is 32.4 Å². The summed E-state index contributed by atoms with van der Waals surface area (Å²) in [6.45, 7) is 3.87. The molecule has 1 saturated heterocycles. The number of hydrogen-bond acceptors (Lipinski definition) is 2. The van der Waals surface area contributed by atoms with Crippen molar-refractivity contribution < 1.29 is 4.79 Å². The van der Waals surface area contributed by atoms with Crippen LogP contribution in [0.4, 0.5) is 0 Å². The quantitative estimate of drug-likeness (QED) is 0.918. The summed E-state index contributed by atoms with van der Waals surface area (Å²) in [7, 11) is 0. The molecular formula is C17H24N2O. The number of nitrogens with two attached hydrogens (primary N) is 1. The SMILES string of the molecule is CCC1CN(C(=O)C2CC2c2ccccc2)CCC1N. The van der Waals surface area contributed by atoms with Gasteiger partial charge in [-0.1, -0.05) is 43.7 Å². The third-order valence-electron chi connectivity index (χ3n) is 4.96. The molecule has 4 unspecified atom stereocenters. The molecule has 2 aliphatic rings. The molecule has 20 heavy (non-hydrogen) atoms. The Kier molecular flexibility index (Phi) is 3.79. The largest absolute Gasteiger partial charge is 0.342 e. The Hall–Kier alpha value is -1.35. The first-order valence-electron chi connectivity index (χ1n) is 7.80. The lowest BCUT2D eigenvalue weighted by atomic mass is 9.90. The summed E-state index contributed by atoms with van der Waals surface area (Å²) >= 11 is 0. The summed E-state index contributed by atoms with van der Waals surface area (Å²) < 4.78 is 0. The van der Waals surface area contributed by atoms with Crippen LogP contribution in [-0.4, -0.2) is 29.9 Å². The van der Waals surface area contributed by atoms with Gasteiger partial charge in [-0.25, -0.2) is 0 Å². The lowest BCUT2D eigenvalue weighted by molar-refractivity contribution is -0.134. The van der Waals surface area contributed by atoms with Crippen molar-refractivity contribution in [3.63, 3.8) is 0 Å². The van der Waals surface area contributed by atoms with Crippen molar-refractivity contribution >= 4 is 5.91 Å². The summed E-state index contributed by atoms with van der Waals surface area (Å²) in [5.41, 5.74) is 7.44. The van der Waals surface area contributed by atoms with E-state index in [1.165, 1.54) is 5.56 Å². The monoisotopic (exact) mass is 272 g/mol. The number of nitrogens with zero attached hydrogens (tertiary/aromatic N) is 1. The van der Waals surface area contributed by atoms with Crippen molar-refractivity contribution in [3.8, 4) is 0 Å². The highest BCUT2D eigenvalue weighted by atomic mass is 16.2. The van der Waals surface area contributed by atoms with Gasteiger partial charge in [0.2, 0.25) is 5.91 Å². The van der Waals surface area contributed by atoms with Gasteiger partial charge >= 0.3 is 0 Å². The zero-order valence-electron chi connectivity index (χ0n) is 12.2. The summed E-state index contributed by atoms with van der Waals surface area (Å²) in [5, 5.41) is 0. The fraction of sp³-hybridized carbons (Fsp3) is 0.588. The van der Waals surface area contributed by atoms with Crippen LogP contribution in [-0.2, 0) is 4.79 Å². The van der Waals surface area contributed by atoms with Gasteiger partial charge in [0, 0.05) is 25.0 Å². The van der Waals surface area contributed by atoms with Crippen molar-refractivity contribution in [2.45, 2.75) is 38.1 Å². The highest BCUT2D eigenvalue weighted by Gasteiger charge is 2.46. The van der Waals surface area contributed by atoms with Crippen LogP contribution in [0.3, 0.4) is 0 Å². The molecule has 1 heterocycles. The van der Waals surface area contributed by atoms with Gasteiger partial charge in [-0.2, -0.15) is 0 Å². The second kappa shape index (κ2) is 5.57. The highest BCUT2D eigenvalue weighted by Crippen LogP contribution is 2.48. The number of carbonyl (C=O) groups excluding carboxylic acids is 1. The Bertz CT molecular complexity index is 473. The molecule has 1 aromatic carbocycles. The minimum Gasteiger partial charge on any atom is -0.342 e. The first kappa shape index (κ1) is 13.6. The molecule has 108 valence electrons. The van der Waals surface area contributed by atoms with Crippen LogP contribution in [0.2, 0.25) is 0 Å². The predicted octanol–water partition coefficient (Wildman–Crippen LogP) is 2.38. The van der Waals surface area contributed by atoms with Crippen LogP contribution in [0.15, 0.2) is 30.3 Å².